The maximum absolute atomic E-state index is 14.2. The summed E-state index contributed by atoms with van der Waals surface area (Å²) < 4.78 is 43.8. The lowest BCUT2D eigenvalue weighted by molar-refractivity contribution is 0.520. The molecule has 0 aromatic heterocycles. The fourth-order valence-corrected chi connectivity index (χ4v) is 4.66. The van der Waals surface area contributed by atoms with Crippen LogP contribution in [-0.2, 0) is 6.54 Å². The lowest BCUT2D eigenvalue weighted by atomic mass is 10.1. The van der Waals surface area contributed by atoms with E-state index < -0.39 is 17.5 Å². The van der Waals surface area contributed by atoms with Crippen LogP contribution in [-0.4, -0.2) is 12.9 Å². The van der Waals surface area contributed by atoms with Crippen LogP contribution < -0.4 is 9.21 Å². The molecule has 0 radical (unpaired) electrons. The van der Waals surface area contributed by atoms with Crippen LogP contribution >= 0.6 is 23.7 Å². The van der Waals surface area contributed by atoms with Crippen molar-refractivity contribution < 1.29 is 13.2 Å². The van der Waals surface area contributed by atoms with Gasteiger partial charge >= 0.3 is 0 Å². The summed E-state index contributed by atoms with van der Waals surface area (Å²) in [5.41, 5.74) is 1.77. The van der Waals surface area contributed by atoms with Crippen LogP contribution in [0, 0.1) is 17.5 Å². The van der Waals surface area contributed by atoms with Crippen molar-refractivity contribution in [2.75, 3.05) is 22.1 Å². The minimum atomic E-state index is -0.913. The maximum atomic E-state index is 14.2. The molecule has 144 valence electrons. The van der Waals surface area contributed by atoms with Crippen LogP contribution in [0.4, 0.5) is 24.5 Å². The molecule has 4 rings (SSSR count). The van der Waals surface area contributed by atoms with Gasteiger partial charge in [0.25, 0.3) is 0 Å². The number of nitrogens with zero attached hydrogens (tertiary/aromatic N) is 2. The third-order valence-electron chi connectivity index (χ3n) is 4.51. The zero-order valence-electron chi connectivity index (χ0n) is 15.0. The average molecular weight is 419 g/mol. The van der Waals surface area contributed by atoms with Gasteiger partial charge in [-0.25, -0.2) is 13.2 Å². The number of anilines is 2. The topological polar surface area (TPSA) is 6.48 Å². The zero-order valence-corrected chi connectivity index (χ0v) is 16.7. The summed E-state index contributed by atoms with van der Waals surface area (Å²) in [6.07, 6.45) is 2.02. The van der Waals surface area contributed by atoms with Crippen molar-refractivity contribution in [2.24, 2.45) is 0 Å². The van der Waals surface area contributed by atoms with Crippen LogP contribution in [0.2, 0.25) is 0 Å². The van der Waals surface area contributed by atoms with E-state index in [1.54, 1.807) is 23.7 Å². The number of hydrogen-bond acceptors (Lipinski definition) is 4. The molecule has 0 aliphatic carbocycles. The molecule has 3 aromatic rings. The fraction of sp³-hybridized carbons (Fsp3) is 0.143. The van der Waals surface area contributed by atoms with Gasteiger partial charge in [0.05, 0.1) is 22.8 Å². The molecule has 0 unspecified atom stereocenters. The highest BCUT2D eigenvalue weighted by molar-refractivity contribution is 8.01. The molecule has 0 N–H and O–H groups in total. The highest BCUT2D eigenvalue weighted by atomic mass is 32.2. The Kier molecular flexibility index (Phi) is 5.46. The summed E-state index contributed by atoms with van der Waals surface area (Å²) in [7, 11) is 0. The minimum Gasteiger partial charge on any atom is -0.347 e. The van der Waals surface area contributed by atoms with Gasteiger partial charge < -0.3 is 4.90 Å². The summed E-state index contributed by atoms with van der Waals surface area (Å²) in [5.74, 6) is -2.66. The quantitative estimate of drug-likeness (QED) is 0.361. The summed E-state index contributed by atoms with van der Waals surface area (Å²) in [6.45, 7) is 0.448. The van der Waals surface area contributed by atoms with E-state index in [-0.39, 0.29) is 12.1 Å². The summed E-state index contributed by atoms with van der Waals surface area (Å²) in [5, 5.41) is 0. The highest BCUT2D eigenvalue weighted by Crippen LogP contribution is 2.41. The number of para-hydroxylation sites is 1. The number of halogens is 3. The summed E-state index contributed by atoms with van der Waals surface area (Å²) in [6, 6.07) is 17.3. The van der Waals surface area contributed by atoms with E-state index in [0.717, 1.165) is 33.3 Å². The van der Waals surface area contributed by atoms with E-state index in [0.29, 0.717) is 6.67 Å². The Morgan fingerprint density at radius 2 is 1.71 bits per heavy atom. The van der Waals surface area contributed by atoms with Crippen molar-refractivity contribution in [1.29, 1.82) is 0 Å². The monoisotopic (exact) mass is 418 g/mol. The van der Waals surface area contributed by atoms with Crippen LogP contribution in [0.25, 0.3) is 0 Å². The molecule has 0 spiro atoms. The lowest BCUT2D eigenvalue weighted by Crippen LogP contribution is -2.38. The van der Waals surface area contributed by atoms with Crippen molar-refractivity contribution in [2.45, 2.75) is 16.3 Å². The molecular formula is C21H17F3N2S2. The third kappa shape index (κ3) is 3.82. The first-order valence-corrected chi connectivity index (χ1v) is 10.6. The van der Waals surface area contributed by atoms with Crippen molar-refractivity contribution >= 4 is 35.1 Å². The molecule has 0 amide bonds. The van der Waals surface area contributed by atoms with Gasteiger partial charge in [-0.15, -0.1) is 11.8 Å². The van der Waals surface area contributed by atoms with E-state index in [1.165, 1.54) is 0 Å². The van der Waals surface area contributed by atoms with Gasteiger partial charge in [-0.2, -0.15) is 0 Å². The molecule has 0 saturated heterocycles. The Morgan fingerprint density at radius 1 is 0.964 bits per heavy atom. The van der Waals surface area contributed by atoms with Crippen molar-refractivity contribution in [3.8, 4) is 0 Å². The first-order chi connectivity index (χ1) is 13.5. The molecule has 3 aromatic carbocycles. The molecule has 1 aliphatic heterocycles. The number of benzene rings is 3. The van der Waals surface area contributed by atoms with Gasteiger partial charge in [-0.3, -0.25) is 4.31 Å². The molecule has 0 saturated carbocycles. The molecular weight excluding hydrogens is 401 g/mol. The van der Waals surface area contributed by atoms with E-state index in [9.17, 15) is 13.2 Å². The summed E-state index contributed by atoms with van der Waals surface area (Å²) in [4.78, 5) is 4.03. The molecule has 7 heteroatoms. The predicted molar refractivity (Wildman–Crippen MR) is 110 cm³/mol. The summed E-state index contributed by atoms with van der Waals surface area (Å²) >= 11 is 3.25. The van der Waals surface area contributed by atoms with Crippen molar-refractivity contribution in [3.05, 3.63) is 83.7 Å². The van der Waals surface area contributed by atoms with E-state index in [4.69, 9.17) is 0 Å². The normalized spacial score (nSPS) is 13.6. The molecule has 1 heterocycles. The molecule has 0 atom stereocenters. The van der Waals surface area contributed by atoms with Crippen molar-refractivity contribution in [1.82, 2.24) is 0 Å². The Bertz CT molecular complexity index is 989. The van der Waals surface area contributed by atoms with Crippen LogP contribution in [0.3, 0.4) is 0 Å². The van der Waals surface area contributed by atoms with Crippen LogP contribution in [0.5, 0.6) is 0 Å². The number of hydrogen-bond donors (Lipinski definition) is 0. The van der Waals surface area contributed by atoms with Crippen molar-refractivity contribution in [3.63, 3.8) is 0 Å². The first-order valence-electron chi connectivity index (χ1n) is 8.62. The Labute approximate surface area is 170 Å². The zero-order chi connectivity index (χ0) is 19.7. The van der Waals surface area contributed by atoms with Gasteiger partial charge in [-0.05, 0) is 48.5 Å². The second-order valence-electron chi connectivity index (χ2n) is 6.33. The standard InChI is InChI=1S/C21H17F3N2S2/c1-27-16-6-4-5-15(11-16)26-13-25(20-7-2-3-8-21(20)28-26)12-17-18(23)9-14(22)10-19(17)24/h2-11H,12-13H2,1H3. The molecule has 28 heavy (non-hydrogen) atoms. The lowest BCUT2D eigenvalue weighted by Gasteiger charge is -2.38. The van der Waals surface area contributed by atoms with E-state index in [1.807, 2.05) is 53.6 Å². The van der Waals surface area contributed by atoms with Gasteiger partial charge in [0.2, 0.25) is 0 Å². The first kappa shape index (κ1) is 19.1. The Balaban J connectivity index is 1.70. The highest BCUT2D eigenvalue weighted by Gasteiger charge is 2.26. The Morgan fingerprint density at radius 3 is 2.46 bits per heavy atom. The van der Waals surface area contributed by atoms with Crippen LogP contribution in [0.15, 0.2) is 70.5 Å². The van der Waals surface area contributed by atoms with E-state index >= 15 is 0 Å². The molecule has 1 aliphatic rings. The maximum Gasteiger partial charge on any atom is 0.134 e. The van der Waals surface area contributed by atoms with Gasteiger partial charge in [-0.1, -0.05) is 18.2 Å². The molecule has 2 nitrogen and oxygen atoms in total. The van der Waals surface area contributed by atoms with Gasteiger partial charge in [0.1, 0.15) is 24.1 Å². The fourth-order valence-electron chi connectivity index (χ4n) is 3.12. The van der Waals surface area contributed by atoms with E-state index in [2.05, 4.69) is 10.4 Å². The predicted octanol–water partition coefficient (Wildman–Crippen LogP) is 6.32. The van der Waals surface area contributed by atoms with Crippen LogP contribution in [0.1, 0.15) is 5.56 Å². The average Bonchev–Trinajstić information content (AvgIpc) is 2.70. The second-order valence-corrected chi connectivity index (χ2v) is 8.27. The number of thioether (sulfide) groups is 1. The number of rotatable bonds is 4. The van der Waals surface area contributed by atoms with Gasteiger partial charge in [0.15, 0.2) is 0 Å². The number of fused-ring (bicyclic) bond motifs is 1. The Hall–Kier alpha value is -2.25. The largest absolute Gasteiger partial charge is 0.347 e. The smallest absolute Gasteiger partial charge is 0.134 e. The molecule has 0 bridgehead atoms. The van der Waals surface area contributed by atoms with Gasteiger partial charge in [0, 0.05) is 22.6 Å². The second kappa shape index (κ2) is 8.01. The SMILES string of the molecule is CSc1cccc(N2CN(Cc3c(F)cc(F)cc3F)c3ccccc3S2)c1. The minimum absolute atomic E-state index is 0.00817. The third-order valence-corrected chi connectivity index (χ3v) is 6.32. The molecule has 0 fully saturated rings.